The maximum absolute atomic E-state index is 11.7. The second-order valence-corrected chi connectivity index (χ2v) is 5.14. The molecule has 1 heterocycles. The van der Waals surface area contributed by atoms with Crippen LogP contribution in [0.1, 0.15) is 33.1 Å². The van der Waals surface area contributed by atoms with E-state index >= 15 is 0 Å². The topological polar surface area (TPSA) is 125 Å². The van der Waals surface area contributed by atoms with E-state index in [0.29, 0.717) is 6.42 Å². The van der Waals surface area contributed by atoms with E-state index in [2.05, 4.69) is 16.0 Å². The Hall–Kier alpha value is -2.12. The number of carboxylic acids is 1. The van der Waals surface area contributed by atoms with Gasteiger partial charge in [-0.15, -0.1) is 0 Å². The van der Waals surface area contributed by atoms with Gasteiger partial charge in [0, 0.05) is 6.42 Å². The van der Waals surface area contributed by atoms with E-state index in [0.717, 1.165) is 0 Å². The predicted octanol–water partition coefficient (Wildman–Crippen LogP) is -0.410. The highest BCUT2D eigenvalue weighted by Crippen LogP contribution is 2.07. The van der Waals surface area contributed by atoms with E-state index in [9.17, 15) is 19.2 Å². The Morgan fingerprint density at radius 3 is 2.45 bits per heavy atom. The fourth-order valence-electron chi connectivity index (χ4n) is 1.90. The molecule has 2 atom stereocenters. The number of carbonyl (C=O) groups excluding carboxylic acids is 3. The minimum Gasteiger partial charge on any atom is -0.480 e. The number of carbonyl (C=O) groups is 4. The predicted molar refractivity (Wildman–Crippen MR) is 68.7 cm³/mol. The maximum Gasteiger partial charge on any atom is 0.326 e. The zero-order valence-corrected chi connectivity index (χ0v) is 11.4. The van der Waals surface area contributed by atoms with Gasteiger partial charge in [0.1, 0.15) is 12.1 Å². The van der Waals surface area contributed by atoms with Crippen LogP contribution >= 0.6 is 0 Å². The fraction of sp³-hybridized carbons (Fsp3) is 0.667. The zero-order chi connectivity index (χ0) is 15.3. The van der Waals surface area contributed by atoms with Gasteiger partial charge in [0.2, 0.25) is 5.91 Å². The van der Waals surface area contributed by atoms with Crippen molar-refractivity contribution < 1.29 is 24.3 Å². The monoisotopic (exact) mass is 285 g/mol. The second-order valence-electron chi connectivity index (χ2n) is 5.14. The number of nitrogens with one attached hydrogen (secondary N) is 3. The van der Waals surface area contributed by atoms with Crippen LogP contribution in [0.4, 0.5) is 4.79 Å². The highest BCUT2D eigenvalue weighted by molar-refractivity contribution is 6.04. The first-order chi connectivity index (χ1) is 9.29. The van der Waals surface area contributed by atoms with Gasteiger partial charge >= 0.3 is 12.0 Å². The molecule has 1 aliphatic heterocycles. The molecule has 1 rings (SSSR count). The third kappa shape index (κ3) is 4.87. The van der Waals surface area contributed by atoms with Gasteiger partial charge in [-0.05, 0) is 18.8 Å². The minimum atomic E-state index is -1.08. The molecule has 112 valence electrons. The molecule has 0 aromatic carbocycles. The molecule has 0 saturated carbocycles. The summed E-state index contributed by atoms with van der Waals surface area (Å²) in [7, 11) is 0. The van der Waals surface area contributed by atoms with Gasteiger partial charge in [0.15, 0.2) is 0 Å². The molecular weight excluding hydrogens is 266 g/mol. The van der Waals surface area contributed by atoms with Gasteiger partial charge in [-0.25, -0.2) is 9.59 Å². The van der Waals surface area contributed by atoms with Crippen LogP contribution in [0.15, 0.2) is 0 Å². The van der Waals surface area contributed by atoms with Gasteiger partial charge in [0.25, 0.3) is 5.91 Å². The van der Waals surface area contributed by atoms with E-state index in [1.807, 2.05) is 13.8 Å². The Balaban J connectivity index is 2.40. The highest BCUT2D eigenvalue weighted by Gasteiger charge is 2.30. The first kappa shape index (κ1) is 15.9. The van der Waals surface area contributed by atoms with Crippen LogP contribution in [-0.2, 0) is 14.4 Å². The van der Waals surface area contributed by atoms with Crippen LogP contribution in [-0.4, -0.2) is 41.0 Å². The summed E-state index contributed by atoms with van der Waals surface area (Å²) >= 11 is 0. The highest BCUT2D eigenvalue weighted by atomic mass is 16.4. The largest absolute Gasteiger partial charge is 0.480 e. The van der Waals surface area contributed by atoms with Crippen molar-refractivity contribution in [1.82, 2.24) is 16.0 Å². The van der Waals surface area contributed by atoms with Crippen molar-refractivity contribution in [3.05, 3.63) is 0 Å². The van der Waals surface area contributed by atoms with Crippen LogP contribution in [0, 0.1) is 5.92 Å². The van der Waals surface area contributed by atoms with Crippen molar-refractivity contribution in [1.29, 1.82) is 0 Å². The molecule has 8 nitrogen and oxygen atoms in total. The molecular formula is C12H19N3O5. The summed E-state index contributed by atoms with van der Waals surface area (Å²) in [6.45, 7) is 3.72. The molecule has 0 radical (unpaired) electrons. The summed E-state index contributed by atoms with van der Waals surface area (Å²) < 4.78 is 0. The van der Waals surface area contributed by atoms with Crippen LogP contribution in [0.2, 0.25) is 0 Å². The number of hydrogen-bond acceptors (Lipinski definition) is 4. The third-order valence-corrected chi connectivity index (χ3v) is 2.86. The lowest BCUT2D eigenvalue weighted by Gasteiger charge is -2.16. The third-order valence-electron chi connectivity index (χ3n) is 2.86. The SMILES string of the molecule is CC(C)C[C@H](NC(=O)CC[C@@H]1NC(=O)NC1=O)C(=O)O. The number of rotatable bonds is 7. The Labute approximate surface area is 116 Å². The first-order valence-electron chi connectivity index (χ1n) is 6.43. The average Bonchev–Trinajstić information content (AvgIpc) is 2.63. The summed E-state index contributed by atoms with van der Waals surface area (Å²) in [5.41, 5.74) is 0. The van der Waals surface area contributed by atoms with Gasteiger partial charge in [-0.3, -0.25) is 14.9 Å². The Bertz CT molecular complexity index is 421. The Morgan fingerprint density at radius 2 is 2.00 bits per heavy atom. The van der Waals surface area contributed by atoms with Gasteiger partial charge in [0.05, 0.1) is 0 Å². The van der Waals surface area contributed by atoms with Crippen molar-refractivity contribution in [2.24, 2.45) is 5.92 Å². The lowest BCUT2D eigenvalue weighted by molar-refractivity contribution is -0.142. The summed E-state index contributed by atoms with van der Waals surface area (Å²) in [5, 5.41) is 15.8. The lowest BCUT2D eigenvalue weighted by Crippen LogP contribution is -2.42. The summed E-state index contributed by atoms with van der Waals surface area (Å²) in [5.74, 6) is -1.87. The quantitative estimate of drug-likeness (QED) is 0.473. The average molecular weight is 285 g/mol. The van der Waals surface area contributed by atoms with Crippen molar-refractivity contribution in [3.8, 4) is 0 Å². The maximum atomic E-state index is 11.7. The number of imide groups is 1. The van der Waals surface area contributed by atoms with Crippen molar-refractivity contribution in [2.45, 2.75) is 45.2 Å². The molecule has 0 aromatic heterocycles. The van der Waals surface area contributed by atoms with Gasteiger partial charge < -0.3 is 15.7 Å². The van der Waals surface area contributed by atoms with Gasteiger partial charge in [-0.1, -0.05) is 13.8 Å². The first-order valence-corrected chi connectivity index (χ1v) is 6.43. The van der Waals surface area contributed by atoms with Crippen LogP contribution in [0.5, 0.6) is 0 Å². The molecule has 8 heteroatoms. The van der Waals surface area contributed by atoms with Gasteiger partial charge in [-0.2, -0.15) is 0 Å². The smallest absolute Gasteiger partial charge is 0.326 e. The molecule has 4 amide bonds. The normalized spacial score (nSPS) is 19.4. The van der Waals surface area contributed by atoms with Crippen LogP contribution in [0.25, 0.3) is 0 Å². The van der Waals surface area contributed by atoms with Crippen molar-refractivity contribution >= 4 is 23.8 Å². The van der Waals surface area contributed by atoms with Crippen LogP contribution < -0.4 is 16.0 Å². The molecule has 0 aromatic rings. The van der Waals surface area contributed by atoms with E-state index in [1.54, 1.807) is 0 Å². The molecule has 4 N–H and O–H groups in total. The molecule has 0 spiro atoms. The standard InChI is InChI=1S/C12H19N3O5/c1-6(2)5-8(11(18)19)13-9(16)4-3-7-10(17)15-12(20)14-7/h6-8H,3-5H2,1-2H3,(H,13,16)(H,18,19)(H2,14,15,17,20)/t7-,8-/m0/s1. The number of amides is 4. The molecule has 0 aliphatic carbocycles. The van der Waals surface area contributed by atoms with E-state index in [1.165, 1.54) is 0 Å². The number of hydrogen-bond donors (Lipinski definition) is 4. The molecule has 1 fully saturated rings. The second kappa shape index (κ2) is 6.88. The van der Waals surface area contributed by atoms with Crippen molar-refractivity contribution in [3.63, 3.8) is 0 Å². The van der Waals surface area contributed by atoms with E-state index < -0.39 is 35.9 Å². The Kier molecular flexibility index (Phi) is 5.48. The number of aliphatic carboxylic acids is 1. The fourth-order valence-corrected chi connectivity index (χ4v) is 1.90. The van der Waals surface area contributed by atoms with E-state index in [4.69, 9.17) is 5.11 Å². The summed E-state index contributed by atoms with van der Waals surface area (Å²) in [6, 6.07) is -2.25. The zero-order valence-electron chi connectivity index (χ0n) is 11.4. The number of carboxylic acid groups (broad SMARTS) is 1. The molecule has 1 aliphatic rings. The molecule has 1 saturated heterocycles. The lowest BCUT2D eigenvalue weighted by atomic mass is 10.0. The van der Waals surface area contributed by atoms with E-state index in [-0.39, 0.29) is 18.8 Å². The summed E-state index contributed by atoms with van der Waals surface area (Å²) in [4.78, 5) is 44.8. The number of urea groups is 1. The minimum absolute atomic E-state index is 0.0275. The summed E-state index contributed by atoms with van der Waals surface area (Å²) in [6.07, 6.45) is 0.444. The molecule has 0 bridgehead atoms. The van der Waals surface area contributed by atoms with Crippen LogP contribution in [0.3, 0.4) is 0 Å². The Morgan fingerprint density at radius 1 is 1.35 bits per heavy atom. The van der Waals surface area contributed by atoms with Crippen molar-refractivity contribution in [2.75, 3.05) is 0 Å². The molecule has 20 heavy (non-hydrogen) atoms. The molecule has 0 unspecified atom stereocenters.